The van der Waals surface area contributed by atoms with Crippen LogP contribution in [0.1, 0.15) is 43.0 Å². The minimum absolute atomic E-state index is 0.00331. The van der Waals surface area contributed by atoms with Crippen LogP contribution in [-0.4, -0.2) is 17.6 Å². The quantitative estimate of drug-likeness (QED) is 0.778. The Bertz CT molecular complexity index is 553. The summed E-state index contributed by atoms with van der Waals surface area (Å²) >= 11 is 0. The van der Waals surface area contributed by atoms with E-state index in [0.717, 1.165) is 41.0 Å². The summed E-state index contributed by atoms with van der Waals surface area (Å²) in [5.74, 6) is -0.00996. The van der Waals surface area contributed by atoms with Gasteiger partial charge in [0.25, 0.3) is 0 Å². The predicted octanol–water partition coefficient (Wildman–Crippen LogP) is 2.75. The second-order valence-corrected chi connectivity index (χ2v) is 6.50. The number of rotatable bonds is 2. The highest BCUT2D eigenvalue weighted by Crippen LogP contribution is 2.39. The first-order chi connectivity index (χ1) is 9.27. The van der Waals surface area contributed by atoms with Gasteiger partial charge in [0, 0.05) is 12.0 Å². The lowest BCUT2D eigenvalue weighted by Gasteiger charge is -2.23. The number of fused-ring (bicyclic) bond motifs is 1. The van der Waals surface area contributed by atoms with E-state index < -0.39 is 5.41 Å². The lowest BCUT2D eigenvalue weighted by Crippen LogP contribution is -2.28. The molecule has 3 N–H and O–H groups in total. The van der Waals surface area contributed by atoms with Crippen LogP contribution in [0, 0.1) is 19.3 Å². The minimum atomic E-state index is -0.442. The monoisotopic (exact) mass is 276 g/mol. The highest BCUT2D eigenvalue weighted by Gasteiger charge is 2.27. The van der Waals surface area contributed by atoms with Gasteiger partial charge in [-0.2, -0.15) is 0 Å². The molecule has 4 nitrogen and oxygen atoms in total. The van der Waals surface area contributed by atoms with Crippen LogP contribution in [0.3, 0.4) is 0 Å². The maximum absolute atomic E-state index is 12.3. The molecule has 4 heteroatoms. The van der Waals surface area contributed by atoms with Crippen molar-refractivity contribution in [1.82, 2.24) is 0 Å². The van der Waals surface area contributed by atoms with Crippen LogP contribution in [0.25, 0.3) is 0 Å². The molecule has 0 saturated carbocycles. The van der Waals surface area contributed by atoms with Gasteiger partial charge in [-0.25, -0.2) is 0 Å². The van der Waals surface area contributed by atoms with Gasteiger partial charge in [-0.3, -0.25) is 4.79 Å². The summed E-state index contributed by atoms with van der Waals surface area (Å²) in [7, 11) is 0. The van der Waals surface area contributed by atoms with Gasteiger partial charge < -0.3 is 15.7 Å². The number of carbonyl (C=O) groups is 1. The summed E-state index contributed by atoms with van der Waals surface area (Å²) in [6.07, 6.45) is 0.937. The van der Waals surface area contributed by atoms with E-state index in [1.165, 1.54) is 5.56 Å². The summed E-state index contributed by atoms with van der Waals surface area (Å²) in [6.45, 7) is 10.6. The molecule has 0 fully saturated rings. The van der Waals surface area contributed by atoms with E-state index in [1.807, 2.05) is 34.6 Å². The maximum Gasteiger partial charge on any atom is 0.229 e. The van der Waals surface area contributed by atoms with Crippen LogP contribution < -0.4 is 10.6 Å². The lowest BCUT2D eigenvalue weighted by atomic mass is 9.92. The Hall–Kier alpha value is -1.55. The van der Waals surface area contributed by atoms with E-state index in [0.29, 0.717) is 0 Å². The zero-order chi connectivity index (χ0) is 15.1. The van der Waals surface area contributed by atoms with Gasteiger partial charge in [-0.1, -0.05) is 20.8 Å². The fourth-order valence-electron chi connectivity index (χ4n) is 2.65. The van der Waals surface area contributed by atoms with Crippen LogP contribution in [-0.2, 0) is 17.8 Å². The minimum Gasteiger partial charge on any atom is -0.392 e. The molecular weight excluding hydrogens is 252 g/mol. The van der Waals surface area contributed by atoms with Crippen LogP contribution in [0.4, 0.5) is 11.4 Å². The normalized spacial score (nSPS) is 13.9. The molecule has 0 unspecified atom stereocenters. The van der Waals surface area contributed by atoms with Gasteiger partial charge in [-0.15, -0.1) is 0 Å². The van der Waals surface area contributed by atoms with Crippen molar-refractivity contribution in [3.8, 4) is 0 Å². The van der Waals surface area contributed by atoms with Crippen molar-refractivity contribution < 1.29 is 9.90 Å². The predicted molar refractivity (Wildman–Crippen MR) is 82.1 cm³/mol. The third-order valence-corrected chi connectivity index (χ3v) is 4.04. The Morgan fingerprint density at radius 1 is 1.30 bits per heavy atom. The molecule has 0 atom stereocenters. The number of aliphatic hydroxyl groups is 1. The highest BCUT2D eigenvalue weighted by atomic mass is 16.3. The zero-order valence-electron chi connectivity index (χ0n) is 13.0. The number of hydrogen-bond acceptors (Lipinski definition) is 3. The smallest absolute Gasteiger partial charge is 0.229 e. The number of aliphatic hydroxyl groups excluding tert-OH is 1. The Morgan fingerprint density at radius 3 is 2.50 bits per heavy atom. The van der Waals surface area contributed by atoms with Gasteiger partial charge in [0.2, 0.25) is 5.91 Å². The first-order valence-corrected chi connectivity index (χ1v) is 7.08. The number of carbonyl (C=O) groups excluding carboxylic acids is 1. The Kier molecular flexibility index (Phi) is 3.78. The van der Waals surface area contributed by atoms with E-state index in [-0.39, 0.29) is 12.5 Å². The summed E-state index contributed by atoms with van der Waals surface area (Å²) in [5, 5.41) is 16.0. The Morgan fingerprint density at radius 2 is 1.95 bits per heavy atom. The van der Waals surface area contributed by atoms with E-state index >= 15 is 0 Å². The van der Waals surface area contributed by atoms with Gasteiger partial charge in [-0.05, 0) is 42.5 Å². The number of benzene rings is 1. The SMILES string of the molecule is Cc1c(CO)c(C)c(NC(=O)C(C)(C)C)c2c1CCN2. The second kappa shape index (κ2) is 5.09. The molecule has 0 radical (unpaired) electrons. The van der Waals surface area contributed by atoms with Crippen molar-refractivity contribution in [1.29, 1.82) is 0 Å². The molecule has 110 valence electrons. The first-order valence-electron chi connectivity index (χ1n) is 7.08. The second-order valence-electron chi connectivity index (χ2n) is 6.50. The topological polar surface area (TPSA) is 61.4 Å². The van der Waals surface area contributed by atoms with Gasteiger partial charge in [0.05, 0.1) is 18.0 Å². The van der Waals surface area contributed by atoms with E-state index in [4.69, 9.17) is 0 Å². The fraction of sp³-hybridized carbons (Fsp3) is 0.562. The summed E-state index contributed by atoms with van der Waals surface area (Å²) in [6, 6.07) is 0. The summed E-state index contributed by atoms with van der Waals surface area (Å²) in [5.41, 5.74) is 5.64. The van der Waals surface area contributed by atoms with Crippen LogP contribution >= 0.6 is 0 Å². The fourth-order valence-corrected chi connectivity index (χ4v) is 2.65. The highest BCUT2D eigenvalue weighted by molar-refractivity contribution is 5.99. The number of amides is 1. The van der Waals surface area contributed by atoms with Crippen molar-refractivity contribution in [3.63, 3.8) is 0 Å². The van der Waals surface area contributed by atoms with E-state index in [1.54, 1.807) is 0 Å². The van der Waals surface area contributed by atoms with Crippen molar-refractivity contribution in [2.45, 2.75) is 47.6 Å². The molecule has 1 aromatic rings. The number of nitrogens with one attached hydrogen (secondary N) is 2. The molecular formula is C16H24N2O2. The largest absolute Gasteiger partial charge is 0.392 e. The third kappa shape index (κ3) is 2.40. The third-order valence-electron chi connectivity index (χ3n) is 4.04. The van der Waals surface area contributed by atoms with E-state index in [2.05, 4.69) is 10.6 Å². The molecule has 0 bridgehead atoms. The molecule has 0 saturated heterocycles. The summed E-state index contributed by atoms with van der Waals surface area (Å²) < 4.78 is 0. The van der Waals surface area contributed by atoms with Crippen molar-refractivity contribution in [3.05, 3.63) is 22.3 Å². The maximum atomic E-state index is 12.3. The zero-order valence-corrected chi connectivity index (χ0v) is 13.0. The van der Waals surface area contributed by atoms with Gasteiger partial charge >= 0.3 is 0 Å². The Labute approximate surface area is 120 Å². The molecule has 0 aliphatic carbocycles. The average Bonchev–Trinajstić information content (AvgIpc) is 2.83. The number of hydrogen-bond donors (Lipinski definition) is 3. The summed E-state index contributed by atoms with van der Waals surface area (Å²) in [4.78, 5) is 12.3. The van der Waals surface area contributed by atoms with Crippen molar-refractivity contribution >= 4 is 17.3 Å². The van der Waals surface area contributed by atoms with Crippen molar-refractivity contribution in [2.24, 2.45) is 5.41 Å². The molecule has 0 aromatic heterocycles. The molecule has 1 aliphatic heterocycles. The standard InChI is InChI=1S/C16H24N2O2/c1-9-11-6-7-17-14(11)13(10(2)12(9)8-19)18-15(20)16(3,4)5/h17,19H,6-8H2,1-5H3,(H,18,20). The molecule has 1 aliphatic rings. The molecule has 2 rings (SSSR count). The van der Waals surface area contributed by atoms with Gasteiger partial charge in [0.1, 0.15) is 0 Å². The van der Waals surface area contributed by atoms with Crippen molar-refractivity contribution in [2.75, 3.05) is 17.2 Å². The van der Waals surface area contributed by atoms with Crippen LogP contribution in [0.15, 0.2) is 0 Å². The van der Waals surface area contributed by atoms with Crippen LogP contribution in [0.5, 0.6) is 0 Å². The number of anilines is 2. The molecule has 20 heavy (non-hydrogen) atoms. The molecule has 1 aromatic carbocycles. The van der Waals surface area contributed by atoms with Gasteiger partial charge in [0.15, 0.2) is 0 Å². The lowest BCUT2D eigenvalue weighted by molar-refractivity contribution is -0.123. The average molecular weight is 276 g/mol. The van der Waals surface area contributed by atoms with Crippen LogP contribution in [0.2, 0.25) is 0 Å². The Balaban J connectivity index is 2.53. The molecule has 1 heterocycles. The first kappa shape index (κ1) is 14.9. The molecule has 0 spiro atoms. The molecule has 1 amide bonds. The van der Waals surface area contributed by atoms with E-state index in [9.17, 15) is 9.90 Å².